The monoisotopic (exact) mass is 363 g/mol. The van der Waals surface area contributed by atoms with Crippen LogP contribution in [0.5, 0.6) is 17.2 Å². The second kappa shape index (κ2) is 6.46. The molecule has 4 heteroatoms. The largest absolute Gasteiger partial charge is 0.508 e. The summed E-state index contributed by atoms with van der Waals surface area (Å²) in [6, 6.07) is 11.9. The smallest absolute Gasteiger partial charge is 0.130 e. The fraction of sp³-hybridized carbons (Fsp3) is 0.304. The molecule has 1 aliphatic heterocycles. The van der Waals surface area contributed by atoms with Crippen LogP contribution in [0.1, 0.15) is 36.6 Å². The van der Waals surface area contributed by atoms with Crippen LogP contribution in [0.25, 0.3) is 21.9 Å². The second-order valence-electron chi connectivity index (χ2n) is 7.54. The number of rotatable bonds is 2. The molecule has 4 rings (SSSR count). The molecule has 140 valence electrons. The fourth-order valence-corrected chi connectivity index (χ4v) is 4.44. The van der Waals surface area contributed by atoms with Gasteiger partial charge in [-0.05, 0) is 73.0 Å². The molecule has 0 aliphatic carbocycles. The third-order valence-electron chi connectivity index (χ3n) is 5.52. The standard InChI is InChI=1S/C23H25NO3/c1-12-9-17-15(6-8-20(26)23(17)21(10-12)27-4)16-5-7-19(25)22-14(3)24-13(2)11-18(16)22/h5-10,13-14,24-26H,11H2,1-4H3. The number of hydrogen-bond acceptors (Lipinski definition) is 4. The molecule has 1 aliphatic rings. The van der Waals surface area contributed by atoms with Crippen molar-refractivity contribution in [2.45, 2.75) is 39.3 Å². The van der Waals surface area contributed by atoms with Crippen LogP contribution in [0.2, 0.25) is 0 Å². The van der Waals surface area contributed by atoms with Crippen molar-refractivity contribution in [2.75, 3.05) is 7.11 Å². The molecule has 4 nitrogen and oxygen atoms in total. The van der Waals surface area contributed by atoms with Gasteiger partial charge in [-0.2, -0.15) is 0 Å². The van der Waals surface area contributed by atoms with E-state index in [2.05, 4.69) is 25.2 Å². The maximum absolute atomic E-state index is 10.5. The molecular weight excluding hydrogens is 338 g/mol. The van der Waals surface area contributed by atoms with Crippen LogP contribution in [0.4, 0.5) is 0 Å². The summed E-state index contributed by atoms with van der Waals surface area (Å²) in [5.41, 5.74) is 5.35. The zero-order valence-corrected chi connectivity index (χ0v) is 16.1. The number of aromatic hydroxyl groups is 2. The lowest BCUT2D eigenvalue weighted by atomic mass is 9.83. The molecule has 3 aromatic carbocycles. The Morgan fingerprint density at radius 2 is 1.70 bits per heavy atom. The Hall–Kier alpha value is -2.72. The van der Waals surface area contributed by atoms with Crippen LogP contribution in [-0.2, 0) is 6.42 Å². The number of benzene rings is 3. The highest BCUT2D eigenvalue weighted by Crippen LogP contribution is 2.44. The maximum atomic E-state index is 10.5. The Labute approximate surface area is 159 Å². The highest BCUT2D eigenvalue weighted by atomic mass is 16.5. The summed E-state index contributed by atoms with van der Waals surface area (Å²) in [4.78, 5) is 0. The van der Waals surface area contributed by atoms with E-state index in [-0.39, 0.29) is 11.8 Å². The van der Waals surface area contributed by atoms with E-state index in [9.17, 15) is 10.2 Å². The van der Waals surface area contributed by atoms with Crippen LogP contribution in [0, 0.1) is 6.92 Å². The fourth-order valence-electron chi connectivity index (χ4n) is 4.44. The minimum absolute atomic E-state index is 0.0864. The van der Waals surface area contributed by atoms with E-state index < -0.39 is 0 Å². The van der Waals surface area contributed by atoms with E-state index in [0.29, 0.717) is 17.5 Å². The van der Waals surface area contributed by atoms with Gasteiger partial charge in [0.2, 0.25) is 0 Å². The first-order valence-corrected chi connectivity index (χ1v) is 9.32. The van der Waals surface area contributed by atoms with Crippen molar-refractivity contribution >= 4 is 10.8 Å². The first-order valence-electron chi connectivity index (χ1n) is 9.32. The number of phenolic OH excluding ortho intramolecular Hbond substituents is 2. The molecule has 3 N–H and O–H groups in total. The zero-order chi connectivity index (χ0) is 19.3. The van der Waals surface area contributed by atoms with Gasteiger partial charge >= 0.3 is 0 Å². The first kappa shape index (κ1) is 17.7. The number of phenols is 2. The van der Waals surface area contributed by atoms with Crippen LogP contribution < -0.4 is 10.1 Å². The minimum atomic E-state index is 0.0864. The van der Waals surface area contributed by atoms with Crippen LogP contribution in [0.3, 0.4) is 0 Å². The van der Waals surface area contributed by atoms with Gasteiger partial charge in [-0.25, -0.2) is 0 Å². The lowest BCUT2D eigenvalue weighted by Crippen LogP contribution is -2.36. The Balaban J connectivity index is 2.06. The average Bonchev–Trinajstić information content (AvgIpc) is 2.61. The predicted molar refractivity (Wildman–Crippen MR) is 109 cm³/mol. The molecule has 3 aromatic rings. The van der Waals surface area contributed by atoms with Crippen LogP contribution in [-0.4, -0.2) is 23.4 Å². The van der Waals surface area contributed by atoms with E-state index in [0.717, 1.165) is 39.4 Å². The van der Waals surface area contributed by atoms with Crippen molar-refractivity contribution in [3.8, 4) is 28.4 Å². The molecule has 0 bridgehead atoms. The van der Waals surface area contributed by atoms with Gasteiger partial charge in [0.05, 0.1) is 12.5 Å². The predicted octanol–water partition coefficient (Wildman–Crippen LogP) is 4.83. The molecule has 0 fully saturated rings. The van der Waals surface area contributed by atoms with E-state index in [1.54, 1.807) is 19.2 Å². The third-order valence-corrected chi connectivity index (χ3v) is 5.52. The van der Waals surface area contributed by atoms with Gasteiger partial charge in [0.25, 0.3) is 0 Å². The molecule has 0 spiro atoms. The molecule has 0 radical (unpaired) electrons. The van der Waals surface area contributed by atoms with E-state index in [1.165, 1.54) is 5.56 Å². The number of fused-ring (bicyclic) bond motifs is 2. The Bertz CT molecular complexity index is 1040. The molecule has 27 heavy (non-hydrogen) atoms. The highest BCUT2D eigenvalue weighted by Gasteiger charge is 2.27. The normalized spacial score (nSPS) is 19.1. The third kappa shape index (κ3) is 2.81. The summed E-state index contributed by atoms with van der Waals surface area (Å²) >= 11 is 0. The Morgan fingerprint density at radius 1 is 1.00 bits per heavy atom. The van der Waals surface area contributed by atoms with Crippen LogP contribution >= 0.6 is 0 Å². The summed E-state index contributed by atoms with van der Waals surface area (Å²) in [6.07, 6.45) is 0.842. The SMILES string of the molecule is COc1cc(C)cc2c(-c3ccc(O)c4c3CC(C)NC4C)ccc(O)c12. The summed E-state index contributed by atoms with van der Waals surface area (Å²) < 4.78 is 5.54. The summed E-state index contributed by atoms with van der Waals surface area (Å²) in [5.74, 6) is 1.21. The number of ether oxygens (including phenoxy) is 1. The van der Waals surface area contributed by atoms with Gasteiger partial charge in [-0.1, -0.05) is 18.2 Å². The quantitative estimate of drug-likeness (QED) is 0.610. The van der Waals surface area contributed by atoms with Gasteiger partial charge < -0.3 is 20.3 Å². The zero-order valence-electron chi connectivity index (χ0n) is 16.1. The van der Waals surface area contributed by atoms with Crippen molar-refractivity contribution in [3.05, 3.63) is 53.1 Å². The molecular formula is C23H25NO3. The molecule has 0 saturated heterocycles. The van der Waals surface area contributed by atoms with Crippen molar-refractivity contribution in [1.82, 2.24) is 5.32 Å². The summed E-state index contributed by atoms with van der Waals surface area (Å²) in [5, 5.41) is 26.1. The Morgan fingerprint density at radius 3 is 2.44 bits per heavy atom. The summed E-state index contributed by atoms with van der Waals surface area (Å²) in [6.45, 7) is 6.27. The molecule has 2 unspecified atom stereocenters. The highest BCUT2D eigenvalue weighted by molar-refractivity contribution is 6.04. The van der Waals surface area contributed by atoms with Gasteiger partial charge in [0.15, 0.2) is 0 Å². The number of methoxy groups -OCH3 is 1. The van der Waals surface area contributed by atoms with Gasteiger partial charge in [0.1, 0.15) is 17.2 Å². The minimum Gasteiger partial charge on any atom is -0.508 e. The number of nitrogens with one attached hydrogen (secondary N) is 1. The van der Waals surface area contributed by atoms with E-state index >= 15 is 0 Å². The van der Waals surface area contributed by atoms with Crippen LogP contribution in [0.15, 0.2) is 36.4 Å². The molecule has 2 atom stereocenters. The van der Waals surface area contributed by atoms with Gasteiger partial charge in [-0.15, -0.1) is 0 Å². The van der Waals surface area contributed by atoms with Crippen molar-refractivity contribution in [1.29, 1.82) is 0 Å². The average molecular weight is 363 g/mol. The molecule has 0 aromatic heterocycles. The first-order chi connectivity index (χ1) is 12.9. The molecule has 1 heterocycles. The lowest BCUT2D eigenvalue weighted by Gasteiger charge is -2.31. The van der Waals surface area contributed by atoms with Crippen molar-refractivity contribution < 1.29 is 14.9 Å². The van der Waals surface area contributed by atoms with Gasteiger partial charge in [-0.3, -0.25) is 0 Å². The topological polar surface area (TPSA) is 61.7 Å². The van der Waals surface area contributed by atoms with E-state index in [1.807, 2.05) is 25.1 Å². The number of hydrogen-bond donors (Lipinski definition) is 3. The van der Waals surface area contributed by atoms with Crippen molar-refractivity contribution in [3.63, 3.8) is 0 Å². The van der Waals surface area contributed by atoms with E-state index in [4.69, 9.17) is 4.74 Å². The maximum Gasteiger partial charge on any atom is 0.130 e. The summed E-state index contributed by atoms with van der Waals surface area (Å²) in [7, 11) is 1.62. The molecule has 0 amide bonds. The lowest BCUT2D eigenvalue weighted by molar-refractivity contribution is 0.410. The molecule has 0 saturated carbocycles. The number of aryl methyl sites for hydroxylation is 1. The van der Waals surface area contributed by atoms with Gasteiger partial charge in [0, 0.05) is 17.6 Å². The second-order valence-corrected chi connectivity index (χ2v) is 7.54. The van der Waals surface area contributed by atoms with Crippen molar-refractivity contribution in [2.24, 2.45) is 0 Å². The Kier molecular flexibility index (Phi) is 4.23.